The van der Waals surface area contributed by atoms with Gasteiger partial charge in [-0.1, -0.05) is 12.1 Å². The second-order valence-electron chi connectivity index (χ2n) is 7.25. The maximum absolute atomic E-state index is 12.3. The average molecular weight is 473 g/mol. The van der Waals surface area contributed by atoms with Gasteiger partial charge in [-0.05, 0) is 55.3 Å². The summed E-state index contributed by atoms with van der Waals surface area (Å²) in [7, 11) is 1.44. The number of aliphatic carboxylic acids is 1. The number of rotatable bonds is 12. The zero-order valence-electron chi connectivity index (χ0n) is 18.3. The van der Waals surface area contributed by atoms with Crippen molar-refractivity contribution in [2.75, 3.05) is 12.4 Å². The maximum Gasteiger partial charge on any atom is 0.573 e. The van der Waals surface area contributed by atoms with Gasteiger partial charge < -0.3 is 34.5 Å². The Bertz CT molecular complexity index is 921. The van der Waals surface area contributed by atoms with Crippen molar-refractivity contribution in [3.05, 3.63) is 53.6 Å². The second-order valence-corrected chi connectivity index (χ2v) is 7.25. The number of anilines is 1. The van der Waals surface area contributed by atoms with Crippen LogP contribution in [-0.4, -0.2) is 48.3 Å². The van der Waals surface area contributed by atoms with Gasteiger partial charge in [0, 0.05) is 12.1 Å². The number of alkyl halides is 3. The molecule has 2 aromatic carbocycles. The molecular formula is C22H26F3NO7. The number of carboxylic acid groups (broad SMARTS) is 1. The van der Waals surface area contributed by atoms with Gasteiger partial charge >= 0.3 is 12.3 Å². The van der Waals surface area contributed by atoms with E-state index in [-0.39, 0.29) is 19.1 Å². The van der Waals surface area contributed by atoms with E-state index in [1.54, 1.807) is 32.0 Å². The molecule has 0 amide bonds. The topological polar surface area (TPSA) is 106 Å². The van der Waals surface area contributed by atoms with E-state index in [4.69, 9.17) is 14.2 Å². The van der Waals surface area contributed by atoms with E-state index in [9.17, 15) is 28.2 Å². The molecule has 2 rings (SSSR count). The van der Waals surface area contributed by atoms with Crippen LogP contribution < -0.4 is 14.8 Å². The van der Waals surface area contributed by atoms with E-state index in [1.807, 2.05) is 0 Å². The second kappa shape index (κ2) is 11.7. The largest absolute Gasteiger partial charge is 0.573 e. The monoisotopic (exact) mass is 473 g/mol. The zero-order valence-corrected chi connectivity index (χ0v) is 18.3. The smallest absolute Gasteiger partial charge is 0.496 e. The molecular weight excluding hydrogens is 447 g/mol. The van der Waals surface area contributed by atoms with E-state index >= 15 is 0 Å². The van der Waals surface area contributed by atoms with Gasteiger partial charge in [0.15, 0.2) is 6.10 Å². The summed E-state index contributed by atoms with van der Waals surface area (Å²) in [5, 5.41) is 22.2. The zero-order chi connectivity index (χ0) is 24.6. The third-order valence-corrected chi connectivity index (χ3v) is 4.23. The molecule has 0 saturated heterocycles. The van der Waals surface area contributed by atoms with E-state index < -0.39 is 30.6 Å². The van der Waals surface area contributed by atoms with Crippen LogP contribution in [0.15, 0.2) is 42.5 Å². The lowest BCUT2D eigenvalue weighted by Crippen LogP contribution is -2.29. The Hall–Kier alpha value is -3.02. The molecule has 11 heteroatoms. The predicted octanol–water partition coefficient (Wildman–Crippen LogP) is 3.92. The minimum Gasteiger partial charge on any atom is -0.496 e. The van der Waals surface area contributed by atoms with Gasteiger partial charge in [-0.2, -0.15) is 0 Å². The molecule has 0 bridgehead atoms. The fourth-order valence-corrected chi connectivity index (χ4v) is 2.94. The number of methoxy groups -OCH3 is 1. The molecule has 2 aromatic rings. The molecule has 0 aliphatic heterocycles. The van der Waals surface area contributed by atoms with Crippen molar-refractivity contribution < 1.29 is 47.1 Å². The number of carbonyl (C=O) groups is 1. The van der Waals surface area contributed by atoms with Gasteiger partial charge in [-0.3, -0.25) is 0 Å². The van der Waals surface area contributed by atoms with Gasteiger partial charge in [0.2, 0.25) is 6.41 Å². The third-order valence-electron chi connectivity index (χ3n) is 4.23. The first-order valence-corrected chi connectivity index (χ1v) is 9.93. The summed E-state index contributed by atoms with van der Waals surface area (Å²) >= 11 is 0. The van der Waals surface area contributed by atoms with Crippen LogP contribution in [0.4, 0.5) is 18.9 Å². The van der Waals surface area contributed by atoms with Crippen molar-refractivity contribution >= 4 is 11.7 Å². The first-order chi connectivity index (χ1) is 15.5. The van der Waals surface area contributed by atoms with Crippen LogP contribution in [0, 0.1) is 0 Å². The molecule has 8 nitrogen and oxygen atoms in total. The van der Waals surface area contributed by atoms with Crippen molar-refractivity contribution in [1.82, 2.24) is 0 Å². The molecule has 0 spiro atoms. The Labute approximate surface area is 188 Å². The van der Waals surface area contributed by atoms with Crippen LogP contribution in [0.1, 0.15) is 25.0 Å². The van der Waals surface area contributed by atoms with Crippen LogP contribution in [0.2, 0.25) is 0 Å². The van der Waals surface area contributed by atoms with E-state index in [1.165, 1.54) is 19.2 Å². The van der Waals surface area contributed by atoms with Crippen molar-refractivity contribution in [2.24, 2.45) is 0 Å². The van der Waals surface area contributed by atoms with Crippen molar-refractivity contribution in [1.29, 1.82) is 0 Å². The predicted molar refractivity (Wildman–Crippen MR) is 112 cm³/mol. The standard InChI is InChI=1S/C22H26F3NO7/c1-13(2)32-19(20(27)28)11-15-10-16(7-8-18(15)30-3)26-21(29)31-12-14-5-4-6-17(9-14)33-22(23,24)25/h4-10,13,19,21,26,29H,11-12H2,1-3H3,(H,27,28). The highest BCUT2D eigenvalue weighted by Gasteiger charge is 2.31. The lowest BCUT2D eigenvalue weighted by Gasteiger charge is -2.20. The lowest BCUT2D eigenvalue weighted by molar-refractivity contribution is -0.274. The van der Waals surface area contributed by atoms with Crippen LogP contribution in [0.3, 0.4) is 0 Å². The summed E-state index contributed by atoms with van der Waals surface area (Å²) in [6, 6.07) is 9.95. The Kier molecular flexibility index (Phi) is 9.32. The van der Waals surface area contributed by atoms with Gasteiger partial charge in [0.05, 0.1) is 19.8 Å². The molecule has 0 aliphatic carbocycles. The average Bonchev–Trinajstić information content (AvgIpc) is 2.70. The number of hydrogen-bond acceptors (Lipinski definition) is 7. The summed E-state index contributed by atoms with van der Waals surface area (Å²) in [5.74, 6) is -1.08. The Morgan fingerprint density at radius 2 is 1.88 bits per heavy atom. The van der Waals surface area contributed by atoms with E-state index in [0.717, 1.165) is 12.1 Å². The van der Waals surface area contributed by atoms with Crippen LogP contribution in [0.25, 0.3) is 0 Å². The van der Waals surface area contributed by atoms with E-state index in [0.29, 0.717) is 22.6 Å². The molecule has 0 saturated carbocycles. The SMILES string of the molecule is COc1ccc(NC(O)OCc2cccc(OC(F)(F)F)c2)cc1CC(OC(C)C)C(=O)O. The van der Waals surface area contributed by atoms with Gasteiger partial charge in [0.25, 0.3) is 0 Å². The molecule has 0 aliphatic rings. The fraction of sp³-hybridized carbons (Fsp3) is 0.409. The van der Waals surface area contributed by atoms with Crippen LogP contribution in [-0.2, 0) is 27.3 Å². The first kappa shape index (κ1) is 26.2. The number of hydrogen-bond donors (Lipinski definition) is 3. The number of ether oxygens (including phenoxy) is 4. The number of aliphatic hydroxyl groups excluding tert-OH is 1. The summed E-state index contributed by atoms with van der Waals surface area (Å²) in [6.45, 7) is 3.25. The number of halogens is 3. The first-order valence-electron chi connectivity index (χ1n) is 9.93. The molecule has 0 fully saturated rings. The Morgan fingerprint density at radius 3 is 2.48 bits per heavy atom. The maximum atomic E-state index is 12.3. The van der Waals surface area contributed by atoms with Crippen molar-refractivity contribution in [3.63, 3.8) is 0 Å². The molecule has 0 aromatic heterocycles. The van der Waals surface area contributed by atoms with Gasteiger partial charge in [0.1, 0.15) is 11.5 Å². The third kappa shape index (κ3) is 9.16. The van der Waals surface area contributed by atoms with E-state index in [2.05, 4.69) is 10.1 Å². The van der Waals surface area contributed by atoms with Crippen LogP contribution in [0.5, 0.6) is 11.5 Å². The number of nitrogens with one attached hydrogen (secondary N) is 1. The summed E-state index contributed by atoms with van der Waals surface area (Å²) in [6.07, 6.45) is -7.68. The molecule has 3 N–H and O–H groups in total. The minimum atomic E-state index is -4.81. The van der Waals surface area contributed by atoms with Crippen molar-refractivity contribution in [2.45, 2.75) is 51.9 Å². The summed E-state index contributed by atoms with van der Waals surface area (Å²) < 4.78 is 56.9. The Morgan fingerprint density at radius 1 is 1.15 bits per heavy atom. The number of benzene rings is 2. The van der Waals surface area contributed by atoms with Crippen molar-refractivity contribution in [3.8, 4) is 11.5 Å². The molecule has 0 radical (unpaired) electrons. The Balaban J connectivity index is 2.03. The summed E-state index contributed by atoms with van der Waals surface area (Å²) in [4.78, 5) is 11.5. The highest BCUT2D eigenvalue weighted by Crippen LogP contribution is 2.26. The molecule has 2 atom stereocenters. The van der Waals surface area contributed by atoms with Crippen LogP contribution >= 0.6 is 0 Å². The van der Waals surface area contributed by atoms with Gasteiger partial charge in [-0.15, -0.1) is 13.2 Å². The minimum absolute atomic E-state index is 0.0230. The highest BCUT2D eigenvalue weighted by molar-refractivity contribution is 5.73. The van der Waals surface area contributed by atoms with Gasteiger partial charge in [-0.25, -0.2) is 4.79 Å². The fourth-order valence-electron chi connectivity index (χ4n) is 2.94. The molecule has 182 valence electrons. The lowest BCUT2D eigenvalue weighted by atomic mass is 10.1. The summed E-state index contributed by atoms with van der Waals surface area (Å²) in [5.41, 5.74) is 1.28. The normalized spacial score (nSPS) is 13.5. The molecule has 0 heterocycles. The number of carboxylic acids is 1. The quantitative estimate of drug-likeness (QED) is 0.399. The molecule has 33 heavy (non-hydrogen) atoms. The number of aliphatic hydroxyl groups is 1. The molecule has 2 unspecified atom stereocenters. The highest BCUT2D eigenvalue weighted by atomic mass is 19.4.